The Bertz CT molecular complexity index is 738. The van der Waals surface area contributed by atoms with Crippen LogP contribution in [-0.4, -0.2) is 53.9 Å². The third-order valence-corrected chi connectivity index (χ3v) is 4.19. The predicted molar refractivity (Wildman–Crippen MR) is 96.2 cm³/mol. The van der Waals surface area contributed by atoms with Crippen molar-refractivity contribution < 1.29 is 4.79 Å². The minimum atomic E-state index is 0.0435. The molecule has 0 aliphatic carbocycles. The van der Waals surface area contributed by atoms with Crippen molar-refractivity contribution in [3.05, 3.63) is 41.6 Å². The van der Waals surface area contributed by atoms with Crippen molar-refractivity contribution >= 4 is 23.2 Å². The smallest absolute Gasteiger partial charge is 0.229 e. The van der Waals surface area contributed by atoms with Crippen LogP contribution in [0, 0.1) is 6.92 Å². The van der Waals surface area contributed by atoms with Crippen molar-refractivity contribution in [3.63, 3.8) is 0 Å². The van der Waals surface area contributed by atoms with Gasteiger partial charge in [-0.05, 0) is 33.0 Å². The number of hydrogen-bond donors (Lipinski definition) is 1. The molecule has 0 radical (unpaired) electrons. The van der Waals surface area contributed by atoms with Crippen LogP contribution in [0.25, 0.3) is 0 Å². The Kier molecular flexibility index (Phi) is 4.76. The number of piperazine rings is 1. The number of nitrogens with one attached hydrogen (secondary N) is 1. The first-order valence-corrected chi connectivity index (χ1v) is 8.18. The molecule has 2 aromatic rings. The third-order valence-electron chi connectivity index (χ3n) is 4.19. The summed E-state index contributed by atoms with van der Waals surface area (Å²) < 4.78 is 0. The summed E-state index contributed by atoms with van der Waals surface area (Å²) in [5.74, 6) is 1.55. The summed E-state index contributed by atoms with van der Waals surface area (Å²) in [5.41, 5.74) is 2.41. The minimum Gasteiger partial charge on any atom is -0.354 e. The fraction of sp³-hybridized carbons (Fsp3) is 0.389. The summed E-state index contributed by atoms with van der Waals surface area (Å²) in [5, 5.41) is 3.22. The van der Waals surface area contributed by atoms with E-state index in [1.807, 2.05) is 31.2 Å². The number of carbonyl (C=O) groups excluding carboxylic acids is 1. The molecular formula is C18H23N5O. The van der Waals surface area contributed by atoms with Crippen molar-refractivity contribution in [3.8, 4) is 0 Å². The maximum Gasteiger partial charge on any atom is 0.229 e. The molecule has 1 N–H and O–H groups in total. The van der Waals surface area contributed by atoms with Crippen LogP contribution in [0.2, 0.25) is 0 Å². The molecule has 1 aromatic heterocycles. The van der Waals surface area contributed by atoms with Gasteiger partial charge >= 0.3 is 0 Å². The van der Waals surface area contributed by atoms with Crippen LogP contribution >= 0.6 is 0 Å². The normalized spacial score (nSPS) is 15.4. The van der Waals surface area contributed by atoms with Crippen LogP contribution in [-0.2, 0) is 0 Å². The van der Waals surface area contributed by atoms with Crippen LogP contribution < -0.4 is 10.2 Å². The quantitative estimate of drug-likeness (QED) is 0.872. The van der Waals surface area contributed by atoms with Crippen molar-refractivity contribution in [1.82, 2.24) is 14.9 Å². The van der Waals surface area contributed by atoms with Gasteiger partial charge in [0, 0.05) is 49.2 Å². The molecule has 1 aliphatic heterocycles. The summed E-state index contributed by atoms with van der Waals surface area (Å²) in [4.78, 5) is 25.2. The van der Waals surface area contributed by atoms with E-state index in [0.29, 0.717) is 11.5 Å². The number of aryl methyl sites for hydroxylation is 1. The second-order valence-electron chi connectivity index (χ2n) is 6.24. The zero-order valence-electron chi connectivity index (χ0n) is 14.4. The molecule has 0 amide bonds. The van der Waals surface area contributed by atoms with Crippen LogP contribution in [0.5, 0.6) is 0 Å². The van der Waals surface area contributed by atoms with E-state index in [9.17, 15) is 4.79 Å². The molecule has 24 heavy (non-hydrogen) atoms. The lowest BCUT2D eigenvalue weighted by Gasteiger charge is -2.33. The van der Waals surface area contributed by atoms with Gasteiger partial charge < -0.3 is 15.1 Å². The summed E-state index contributed by atoms with van der Waals surface area (Å²) >= 11 is 0. The molecule has 126 valence electrons. The molecule has 0 unspecified atom stereocenters. The Morgan fingerprint density at radius 1 is 1.12 bits per heavy atom. The summed E-state index contributed by atoms with van der Waals surface area (Å²) in [6.07, 6.45) is 0. The Balaban J connectivity index is 1.81. The Labute approximate surface area is 142 Å². The molecule has 0 bridgehead atoms. The first-order chi connectivity index (χ1) is 11.5. The lowest BCUT2D eigenvalue weighted by atomic mass is 10.1. The van der Waals surface area contributed by atoms with E-state index in [4.69, 9.17) is 0 Å². The van der Waals surface area contributed by atoms with Crippen LogP contribution in [0.3, 0.4) is 0 Å². The highest BCUT2D eigenvalue weighted by Gasteiger charge is 2.16. The van der Waals surface area contributed by atoms with E-state index in [2.05, 4.69) is 32.1 Å². The second-order valence-corrected chi connectivity index (χ2v) is 6.24. The number of aromatic nitrogens is 2. The van der Waals surface area contributed by atoms with Gasteiger partial charge in [0.05, 0.1) is 0 Å². The maximum absolute atomic E-state index is 11.5. The van der Waals surface area contributed by atoms with E-state index in [1.54, 1.807) is 13.0 Å². The van der Waals surface area contributed by atoms with Gasteiger partial charge in [-0.15, -0.1) is 0 Å². The van der Waals surface area contributed by atoms with Gasteiger partial charge in [-0.25, -0.2) is 4.98 Å². The van der Waals surface area contributed by atoms with Gasteiger partial charge in [0.15, 0.2) is 5.78 Å². The largest absolute Gasteiger partial charge is 0.354 e. The van der Waals surface area contributed by atoms with E-state index in [-0.39, 0.29) is 5.78 Å². The van der Waals surface area contributed by atoms with Crippen molar-refractivity contribution in [2.45, 2.75) is 13.8 Å². The highest BCUT2D eigenvalue weighted by atomic mass is 16.1. The van der Waals surface area contributed by atoms with E-state index >= 15 is 0 Å². The Morgan fingerprint density at radius 3 is 2.58 bits per heavy atom. The molecule has 1 fully saturated rings. The van der Waals surface area contributed by atoms with Crippen LogP contribution in [0.15, 0.2) is 30.3 Å². The number of ketones is 1. The number of likely N-dealkylation sites (N-methyl/N-ethyl adjacent to an activating group) is 1. The molecule has 1 aromatic carbocycles. The first kappa shape index (κ1) is 16.4. The van der Waals surface area contributed by atoms with Crippen molar-refractivity contribution in [2.75, 3.05) is 43.4 Å². The lowest BCUT2D eigenvalue weighted by molar-refractivity contribution is 0.101. The molecule has 0 spiro atoms. The molecule has 1 aliphatic rings. The molecule has 0 saturated carbocycles. The zero-order chi connectivity index (χ0) is 17.1. The first-order valence-electron chi connectivity index (χ1n) is 8.18. The Morgan fingerprint density at radius 2 is 1.88 bits per heavy atom. The fourth-order valence-corrected chi connectivity index (χ4v) is 2.75. The molecule has 6 heteroatoms. The van der Waals surface area contributed by atoms with E-state index in [0.717, 1.165) is 43.4 Å². The molecule has 3 rings (SSSR count). The average molecular weight is 325 g/mol. The van der Waals surface area contributed by atoms with Gasteiger partial charge in [-0.2, -0.15) is 4.98 Å². The van der Waals surface area contributed by atoms with Crippen LogP contribution in [0.1, 0.15) is 23.0 Å². The monoisotopic (exact) mass is 325 g/mol. The molecule has 0 atom stereocenters. The predicted octanol–water partition coefficient (Wildman–Crippen LogP) is 2.48. The highest BCUT2D eigenvalue weighted by Crippen LogP contribution is 2.20. The number of nitrogens with zero attached hydrogens (tertiary/aromatic N) is 4. The third kappa shape index (κ3) is 3.89. The molecular weight excluding hydrogens is 302 g/mol. The molecule has 6 nitrogen and oxygen atoms in total. The summed E-state index contributed by atoms with van der Waals surface area (Å²) in [6.45, 7) is 7.53. The van der Waals surface area contributed by atoms with Crippen molar-refractivity contribution in [2.24, 2.45) is 0 Å². The van der Waals surface area contributed by atoms with Gasteiger partial charge in [0.25, 0.3) is 0 Å². The van der Waals surface area contributed by atoms with Crippen molar-refractivity contribution in [1.29, 1.82) is 0 Å². The van der Waals surface area contributed by atoms with Crippen LogP contribution in [0.4, 0.5) is 17.5 Å². The number of rotatable bonds is 4. The number of hydrogen-bond acceptors (Lipinski definition) is 6. The maximum atomic E-state index is 11.5. The number of benzene rings is 1. The zero-order valence-corrected chi connectivity index (χ0v) is 14.4. The van der Waals surface area contributed by atoms with E-state index < -0.39 is 0 Å². The van der Waals surface area contributed by atoms with E-state index in [1.165, 1.54) is 0 Å². The van der Waals surface area contributed by atoms with Gasteiger partial charge in [-0.3, -0.25) is 4.79 Å². The Hall–Kier alpha value is -2.47. The summed E-state index contributed by atoms with van der Waals surface area (Å²) in [7, 11) is 2.14. The number of Topliss-reactive ketones (excluding diaryl/α,β-unsaturated/α-hetero) is 1. The SMILES string of the molecule is CC(=O)c1cccc(Nc2nc(C)cc(N3CCN(C)CC3)n2)c1. The number of anilines is 3. The summed E-state index contributed by atoms with van der Waals surface area (Å²) in [6, 6.07) is 9.41. The topological polar surface area (TPSA) is 61.4 Å². The highest BCUT2D eigenvalue weighted by molar-refractivity contribution is 5.95. The minimum absolute atomic E-state index is 0.0435. The average Bonchev–Trinajstić information content (AvgIpc) is 2.55. The standard InChI is InChI=1S/C18H23N5O/c1-13-11-17(23-9-7-22(3)8-10-23)21-18(19-13)20-16-6-4-5-15(12-16)14(2)24/h4-6,11-12H,7-10H2,1-3H3,(H,19,20,21). The number of carbonyl (C=O) groups is 1. The molecule has 2 heterocycles. The van der Waals surface area contributed by atoms with Gasteiger partial charge in [0.1, 0.15) is 5.82 Å². The fourth-order valence-electron chi connectivity index (χ4n) is 2.75. The lowest BCUT2D eigenvalue weighted by Crippen LogP contribution is -2.44. The van der Waals surface area contributed by atoms with Gasteiger partial charge in [-0.1, -0.05) is 12.1 Å². The molecule has 1 saturated heterocycles. The van der Waals surface area contributed by atoms with Gasteiger partial charge in [0.2, 0.25) is 5.95 Å². The second kappa shape index (κ2) is 6.97.